The molecule has 0 aliphatic heterocycles. The van der Waals surface area contributed by atoms with Gasteiger partial charge < -0.3 is 25.0 Å². The summed E-state index contributed by atoms with van der Waals surface area (Å²) in [4.78, 5) is 17.2. The van der Waals surface area contributed by atoms with E-state index < -0.39 is 30.4 Å². The minimum absolute atomic E-state index is 0.167. The number of carboxylic acids is 1. The van der Waals surface area contributed by atoms with Crippen LogP contribution in [0.2, 0.25) is 0 Å². The fourth-order valence-electron chi connectivity index (χ4n) is 2.68. The summed E-state index contributed by atoms with van der Waals surface area (Å²) in [6.07, 6.45) is -9.30. The van der Waals surface area contributed by atoms with Crippen LogP contribution in [-0.2, 0) is 4.79 Å². The van der Waals surface area contributed by atoms with E-state index in [4.69, 9.17) is 14.6 Å². The maximum atomic E-state index is 12.4. The van der Waals surface area contributed by atoms with Crippen LogP contribution >= 0.6 is 0 Å². The highest BCUT2D eigenvalue weighted by Gasteiger charge is 2.38. The third-order valence-electron chi connectivity index (χ3n) is 4.25. The molecule has 1 heterocycles. The summed E-state index contributed by atoms with van der Waals surface area (Å²) >= 11 is 0. The number of carbonyl (C=O) groups is 1. The van der Waals surface area contributed by atoms with Gasteiger partial charge in [-0.2, -0.15) is 13.2 Å². The molecule has 0 radical (unpaired) electrons. The van der Waals surface area contributed by atoms with Gasteiger partial charge in [-0.3, -0.25) is 0 Å². The average molecular weight is 519 g/mol. The van der Waals surface area contributed by atoms with Crippen LogP contribution in [-0.4, -0.2) is 52.3 Å². The number of nitrogens with one attached hydrogen (secondary N) is 1. The van der Waals surface area contributed by atoms with Gasteiger partial charge in [0.05, 0.1) is 18.9 Å². The van der Waals surface area contributed by atoms with Gasteiger partial charge in [-0.25, -0.2) is 14.8 Å². The zero-order valence-corrected chi connectivity index (χ0v) is 18.3. The first-order valence-corrected chi connectivity index (χ1v) is 9.83. The number of methoxy groups -OCH3 is 1. The van der Waals surface area contributed by atoms with Gasteiger partial charge in [-0.05, 0) is 17.7 Å². The SMILES string of the molecule is COc1cc(OC(F)(F)F)ccc1-c1cc(NC[C@H](O)c2ccccc2)ncn1.O=C(O)C(F)(F)F. The largest absolute Gasteiger partial charge is 0.573 e. The van der Waals surface area contributed by atoms with E-state index in [2.05, 4.69) is 20.0 Å². The van der Waals surface area contributed by atoms with Gasteiger partial charge in [-0.15, -0.1) is 13.2 Å². The van der Waals surface area contributed by atoms with Crippen LogP contribution in [0, 0.1) is 0 Å². The molecule has 0 aliphatic rings. The van der Waals surface area contributed by atoms with Gasteiger partial charge in [0.25, 0.3) is 0 Å². The Morgan fingerprint density at radius 3 is 2.22 bits per heavy atom. The Labute approximate surface area is 200 Å². The van der Waals surface area contributed by atoms with E-state index in [1.165, 1.54) is 25.6 Å². The number of hydrogen-bond acceptors (Lipinski definition) is 7. The minimum atomic E-state index is -5.08. The highest BCUT2D eigenvalue weighted by Crippen LogP contribution is 2.34. The molecule has 0 fully saturated rings. The number of benzene rings is 2. The van der Waals surface area contributed by atoms with Crippen LogP contribution < -0.4 is 14.8 Å². The molecule has 3 rings (SSSR count). The molecule has 0 saturated carbocycles. The van der Waals surface area contributed by atoms with Crippen molar-refractivity contribution >= 4 is 11.8 Å². The molecule has 0 bridgehead atoms. The topological polar surface area (TPSA) is 114 Å². The van der Waals surface area contributed by atoms with Gasteiger partial charge in [0.15, 0.2) is 0 Å². The number of aliphatic hydroxyl groups excluding tert-OH is 1. The lowest BCUT2D eigenvalue weighted by Gasteiger charge is -2.14. The summed E-state index contributed by atoms with van der Waals surface area (Å²) in [5.74, 6) is -2.53. The van der Waals surface area contributed by atoms with Gasteiger partial charge in [0.2, 0.25) is 0 Å². The lowest BCUT2D eigenvalue weighted by Crippen LogP contribution is -2.21. The summed E-state index contributed by atoms with van der Waals surface area (Å²) in [5, 5.41) is 20.4. The molecule has 14 heteroatoms. The summed E-state index contributed by atoms with van der Waals surface area (Å²) in [5.41, 5.74) is 1.67. The van der Waals surface area contributed by atoms with Crippen molar-refractivity contribution < 1.29 is 50.8 Å². The molecule has 2 aromatic carbocycles. The molecule has 0 spiro atoms. The minimum Gasteiger partial charge on any atom is -0.496 e. The summed E-state index contributed by atoms with van der Waals surface area (Å²) in [6, 6.07) is 14.5. The number of nitrogens with zero attached hydrogens (tertiary/aromatic N) is 2. The van der Waals surface area contributed by atoms with E-state index in [1.54, 1.807) is 6.07 Å². The number of aromatic nitrogens is 2. The van der Waals surface area contributed by atoms with Crippen molar-refractivity contribution in [2.24, 2.45) is 0 Å². The highest BCUT2D eigenvalue weighted by molar-refractivity contribution is 5.73. The number of aliphatic carboxylic acids is 1. The number of alkyl halides is 6. The maximum Gasteiger partial charge on any atom is 0.573 e. The first kappa shape index (κ1) is 28.2. The molecular weight excluding hydrogens is 500 g/mol. The molecule has 8 nitrogen and oxygen atoms in total. The summed E-state index contributed by atoms with van der Waals surface area (Å²) in [7, 11) is 1.34. The number of rotatable bonds is 7. The molecule has 1 aromatic heterocycles. The lowest BCUT2D eigenvalue weighted by molar-refractivity contribution is -0.274. The van der Waals surface area contributed by atoms with E-state index in [-0.39, 0.29) is 12.3 Å². The summed E-state index contributed by atoms with van der Waals surface area (Å²) in [6.45, 7) is 0.218. The van der Waals surface area contributed by atoms with Crippen LogP contribution in [0.5, 0.6) is 11.5 Å². The van der Waals surface area contributed by atoms with Crippen LogP contribution in [0.3, 0.4) is 0 Å². The first-order valence-electron chi connectivity index (χ1n) is 9.83. The van der Waals surface area contributed by atoms with Crippen molar-refractivity contribution in [3.8, 4) is 22.8 Å². The maximum absolute atomic E-state index is 12.4. The van der Waals surface area contributed by atoms with Crippen molar-refractivity contribution in [2.45, 2.75) is 18.6 Å². The Morgan fingerprint density at radius 1 is 1.03 bits per heavy atom. The second kappa shape index (κ2) is 12.1. The molecule has 3 aromatic rings. The molecule has 194 valence electrons. The van der Waals surface area contributed by atoms with Crippen molar-refractivity contribution in [1.29, 1.82) is 0 Å². The zero-order chi connectivity index (χ0) is 26.9. The van der Waals surface area contributed by atoms with E-state index in [1.807, 2.05) is 30.3 Å². The molecule has 36 heavy (non-hydrogen) atoms. The Kier molecular flexibility index (Phi) is 9.44. The van der Waals surface area contributed by atoms with Gasteiger partial charge >= 0.3 is 18.5 Å². The van der Waals surface area contributed by atoms with Crippen molar-refractivity contribution in [3.63, 3.8) is 0 Å². The standard InChI is InChI=1S/C20H18F3N3O3.C2HF3O2/c1-28-18-9-14(29-20(21,22)23)7-8-15(18)16-10-19(26-12-25-16)24-11-17(27)13-5-3-2-4-6-13;3-2(4,5)1(6)7/h2-10,12,17,27H,11H2,1H3,(H,24,25,26);(H,6,7)/t17-;/m0./s1. The summed E-state index contributed by atoms with van der Waals surface area (Å²) < 4.78 is 78.1. The molecule has 0 saturated heterocycles. The third-order valence-corrected chi connectivity index (χ3v) is 4.25. The molecular formula is C22H19F6N3O5. The van der Waals surface area contributed by atoms with E-state index >= 15 is 0 Å². The quantitative estimate of drug-likeness (QED) is 0.381. The molecule has 1 atom stereocenters. The Balaban J connectivity index is 0.000000572. The number of aliphatic hydroxyl groups is 1. The normalized spacial score (nSPS) is 12.1. The fourth-order valence-corrected chi connectivity index (χ4v) is 2.68. The Morgan fingerprint density at radius 2 is 1.67 bits per heavy atom. The Bertz CT molecular complexity index is 1140. The third kappa shape index (κ3) is 8.94. The van der Waals surface area contributed by atoms with E-state index in [0.29, 0.717) is 17.1 Å². The van der Waals surface area contributed by atoms with E-state index in [0.717, 1.165) is 11.6 Å². The van der Waals surface area contributed by atoms with Gasteiger partial charge in [0, 0.05) is 24.2 Å². The lowest BCUT2D eigenvalue weighted by atomic mass is 10.1. The Hall–Kier alpha value is -4.07. The predicted molar refractivity (Wildman–Crippen MR) is 114 cm³/mol. The van der Waals surface area contributed by atoms with E-state index in [9.17, 15) is 31.4 Å². The smallest absolute Gasteiger partial charge is 0.496 e. The molecule has 0 unspecified atom stereocenters. The van der Waals surface area contributed by atoms with Gasteiger partial charge in [-0.1, -0.05) is 30.3 Å². The van der Waals surface area contributed by atoms with Crippen molar-refractivity contribution in [3.05, 3.63) is 66.5 Å². The monoisotopic (exact) mass is 519 g/mol. The van der Waals surface area contributed by atoms with Crippen molar-refractivity contribution in [1.82, 2.24) is 9.97 Å². The molecule has 0 aliphatic carbocycles. The predicted octanol–water partition coefficient (Wildman–Crippen LogP) is 4.83. The number of carboxylic acid groups (broad SMARTS) is 1. The first-order chi connectivity index (χ1) is 16.8. The van der Waals surface area contributed by atoms with Crippen LogP contribution in [0.4, 0.5) is 32.2 Å². The second-order valence-corrected chi connectivity index (χ2v) is 6.81. The van der Waals surface area contributed by atoms with Crippen molar-refractivity contribution in [2.75, 3.05) is 19.0 Å². The van der Waals surface area contributed by atoms with Gasteiger partial charge in [0.1, 0.15) is 23.6 Å². The average Bonchev–Trinajstić information content (AvgIpc) is 2.82. The zero-order valence-electron chi connectivity index (χ0n) is 18.3. The van der Waals surface area contributed by atoms with Crippen LogP contribution in [0.15, 0.2) is 60.9 Å². The number of ether oxygens (including phenoxy) is 2. The number of hydrogen-bond donors (Lipinski definition) is 3. The number of anilines is 1. The van der Waals surface area contributed by atoms with Crippen LogP contribution in [0.1, 0.15) is 11.7 Å². The fraction of sp³-hybridized carbons (Fsp3) is 0.227. The second-order valence-electron chi connectivity index (χ2n) is 6.81. The molecule has 3 N–H and O–H groups in total. The number of halogens is 6. The van der Waals surface area contributed by atoms with Crippen LogP contribution in [0.25, 0.3) is 11.3 Å². The molecule has 0 amide bonds. The highest BCUT2D eigenvalue weighted by atomic mass is 19.4.